The number of nitrogens with one attached hydrogen (secondary N) is 1. The summed E-state index contributed by atoms with van der Waals surface area (Å²) in [6.07, 6.45) is 5.07. The van der Waals surface area contributed by atoms with Crippen molar-refractivity contribution in [1.82, 2.24) is 10.1 Å². The van der Waals surface area contributed by atoms with Crippen LogP contribution in [0.4, 0.5) is 5.69 Å². The van der Waals surface area contributed by atoms with Gasteiger partial charge in [-0.05, 0) is 49.9 Å². The molecular formula is C16H19N7O2. The molecule has 25 heavy (non-hydrogen) atoms. The molecule has 2 aliphatic rings. The number of anilines is 1. The molecule has 0 saturated heterocycles. The molecule has 1 aromatic heterocycles. The fourth-order valence-corrected chi connectivity index (χ4v) is 3.62. The molecule has 0 radical (unpaired) electrons. The molecule has 4 rings (SSSR count). The minimum atomic E-state index is -0.586. The van der Waals surface area contributed by atoms with E-state index in [0.717, 1.165) is 36.9 Å². The van der Waals surface area contributed by atoms with Gasteiger partial charge in [0.15, 0.2) is 5.82 Å². The van der Waals surface area contributed by atoms with Crippen LogP contribution in [-0.4, -0.2) is 27.7 Å². The Morgan fingerprint density at radius 3 is 2.48 bits per heavy atom. The van der Waals surface area contributed by atoms with Crippen LogP contribution in [0.3, 0.4) is 0 Å². The molecule has 5 N–H and O–H groups in total. The summed E-state index contributed by atoms with van der Waals surface area (Å²) in [4.78, 5) is 24.4. The summed E-state index contributed by atoms with van der Waals surface area (Å²) in [6.45, 7) is 0. The van der Waals surface area contributed by atoms with Gasteiger partial charge < -0.3 is 11.5 Å². The smallest absolute Gasteiger partial charge is 0.369 e. The van der Waals surface area contributed by atoms with E-state index in [-0.39, 0.29) is 5.96 Å². The van der Waals surface area contributed by atoms with E-state index in [0.29, 0.717) is 11.8 Å². The van der Waals surface area contributed by atoms with Gasteiger partial charge in [-0.15, -0.1) is 0 Å². The highest BCUT2D eigenvalue weighted by Gasteiger charge is 2.42. The fraction of sp³-hybridized carbons (Fsp3) is 0.375. The lowest BCUT2D eigenvalue weighted by atomic mass is 9.87. The van der Waals surface area contributed by atoms with E-state index in [1.165, 1.54) is 6.42 Å². The van der Waals surface area contributed by atoms with Gasteiger partial charge in [0, 0.05) is 11.3 Å². The molecule has 1 spiro atoms. The number of nitrogens with two attached hydrogens (primary N) is 2. The Morgan fingerprint density at radius 1 is 1.12 bits per heavy atom. The maximum absolute atomic E-state index is 11.1. The lowest BCUT2D eigenvalue weighted by molar-refractivity contribution is 0.305. The van der Waals surface area contributed by atoms with Gasteiger partial charge in [-0.2, -0.15) is 4.99 Å². The molecular weight excluding hydrogens is 322 g/mol. The van der Waals surface area contributed by atoms with E-state index in [4.69, 9.17) is 11.5 Å². The second-order valence-corrected chi connectivity index (χ2v) is 6.31. The molecule has 0 amide bonds. The molecule has 9 nitrogen and oxygen atoms in total. The molecule has 0 unspecified atom stereocenters. The van der Waals surface area contributed by atoms with Gasteiger partial charge in [-0.25, -0.2) is 9.79 Å². The SMILES string of the molecule is NC1=NC2(CCCCC2)N(c2ccc(-c3noc(=O)[nH]3)cc2)C(N)=N1. The summed E-state index contributed by atoms with van der Waals surface area (Å²) in [5.41, 5.74) is 13.2. The van der Waals surface area contributed by atoms with Crippen molar-refractivity contribution < 1.29 is 4.52 Å². The summed E-state index contributed by atoms with van der Waals surface area (Å²) in [7, 11) is 0. The second kappa shape index (κ2) is 5.76. The third-order valence-electron chi connectivity index (χ3n) is 4.69. The minimum Gasteiger partial charge on any atom is -0.369 e. The highest BCUT2D eigenvalue weighted by Crippen LogP contribution is 2.39. The first kappa shape index (κ1) is 15.4. The zero-order chi connectivity index (χ0) is 17.4. The Kier molecular flexibility index (Phi) is 3.56. The number of guanidine groups is 2. The predicted octanol–water partition coefficient (Wildman–Crippen LogP) is 1.14. The van der Waals surface area contributed by atoms with Gasteiger partial charge in [-0.3, -0.25) is 14.4 Å². The van der Waals surface area contributed by atoms with Crippen molar-refractivity contribution in [2.75, 3.05) is 4.90 Å². The number of nitrogens with zero attached hydrogens (tertiary/aromatic N) is 4. The molecule has 0 atom stereocenters. The van der Waals surface area contributed by atoms with Gasteiger partial charge in [0.05, 0.1) is 0 Å². The summed E-state index contributed by atoms with van der Waals surface area (Å²) < 4.78 is 4.54. The van der Waals surface area contributed by atoms with Crippen LogP contribution in [0.25, 0.3) is 11.4 Å². The van der Waals surface area contributed by atoms with Crippen LogP contribution in [0, 0.1) is 0 Å². The summed E-state index contributed by atoms with van der Waals surface area (Å²) in [5.74, 6) is 0.369. The van der Waals surface area contributed by atoms with E-state index in [9.17, 15) is 4.79 Å². The number of aromatic nitrogens is 2. The predicted molar refractivity (Wildman–Crippen MR) is 94.1 cm³/mol. The first-order valence-corrected chi connectivity index (χ1v) is 8.24. The summed E-state index contributed by atoms with van der Waals surface area (Å²) >= 11 is 0. The third-order valence-corrected chi connectivity index (χ3v) is 4.69. The topological polar surface area (TPSA) is 139 Å². The maximum Gasteiger partial charge on any atom is 0.439 e. The standard InChI is InChI=1S/C16H19N7O2/c17-13-20-14(18)23(16(21-13)8-2-1-3-9-16)11-6-4-10(5-7-11)12-19-15(24)25-22-12/h4-7H,1-3,8-9H2,(H,19,22,24)(H4,17,18,20,21). The quantitative estimate of drug-likeness (QED) is 0.748. The summed E-state index contributed by atoms with van der Waals surface area (Å²) in [5, 5.41) is 3.69. The molecule has 1 aliphatic heterocycles. The van der Waals surface area contributed by atoms with Gasteiger partial charge in [0.2, 0.25) is 11.9 Å². The lowest BCUT2D eigenvalue weighted by Gasteiger charge is -2.45. The van der Waals surface area contributed by atoms with Crippen molar-refractivity contribution in [2.24, 2.45) is 21.5 Å². The fourth-order valence-electron chi connectivity index (χ4n) is 3.62. The molecule has 2 aromatic rings. The highest BCUT2D eigenvalue weighted by atomic mass is 16.5. The van der Waals surface area contributed by atoms with Crippen LogP contribution < -0.4 is 22.1 Å². The van der Waals surface area contributed by atoms with Crippen molar-refractivity contribution in [1.29, 1.82) is 0 Å². The van der Waals surface area contributed by atoms with Crippen LogP contribution in [0.5, 0.6) is 0 Å². The molecule has 130 valence electrons. The van der Waals surface area contributed by atoms with E-state index < -0.39 is 11.4 Å². The van der Waals surface area contributed by atoms with E-state index in [2.05, 4.69) is 24.6 Å². The average Bonchev–Trinajstić information content (AvgIpc) is 3.02. The Bertz CT molecular complexity index is 888. The van der Waals surface area contributed by atoms with Gasteiger partial charge in [-0.1, -0.05) is 11.6 Å². The first-order valence-electron chi connectivity index (χ1n) is 8.24. The molecule has 2 heterocycles. The number of hydrogen-bond acceptors (Lipinski definition) is 8. The Hall–Kier alpha value is -3.10. The monoisotopic (exact) mass is 341 g/mol. The first-order chi connectivity index (χ1) is 12.1. The van der Waals surface area contributed by atoms with Crippen molar-refractivity contribution in [2.45, 2.75) is 37.8 Å². The Balaban J connectivity index is 1.71. The Morgan fingerprint density at radius 2 is 1.84 bits per heavy atom. The zero-order valence-corrected chi connectivity index (χ0v) is 13.6. The van der Waals surface area contributed by atoms with Gasteiger partial charge in [0.25, 0.3) is 0 Å². The molecule has 1 aliphatic carbocycles. The Labute approximate surface area is 143 Å². The van der Waals surface area contributed by atoms with Crippen LogP contribution in [0.1, 0.15) is 32.1 Å². The van der Waals surface area contributed by atoms with Crippen molar-refractivity contribution in [3.8, 4) is 11.4 Å². The van der Waals surface area contributed by atoms with E-state index in [1.54, 1.807) is 0 Å². The average molecular weight is 341 g/mol. The number of aromatic amines is 1. The van der Waals surface area contributed by atoms with Crippen LogP contribution in [0.15, 0.2) is 43.6 Å². The normalized spacial score (nSPS) is 19.6. The van der Waals surface area contributed by atoms with Crippen LogP contribution in [-0.2, 0) is 0 Å². The van der Waals surface area contributed by atoms with Crippen molar-refractivity contribution >= 4 is 17.6 Å². The highest BCUT2D eigenvalue weighted by molar-refractivity contribution is 6.05. The number of rotatable bonds is 2. The lowest BCUT2D eigenvalue weighted by Crippen LogP contribution is -2.58. The van der Waals surface area contributed by atoms with Crippen molar-refractivity contribution in [3.05, 3.63) is 34.8 Å². The molecule has 1 aromatic carbocycles. The van der Waals surface area contributed by atoms with E-state index in [1.807, 2.05) is 29.2 Å². The van der Waals surface area contributed by atoms with Crippen LogP contribution >= 0.6 is 0 Å². The van der Waals surface area contributed by atoms with Gasteiger partial charge >= 0.3 is 5.76 Å². The number of benzene rings is 1. The third kappa shape index (κ3) is 2.67. The minimum absolute atomic E-state index is 0.229. The number of H-pyrrole nitrogens is 1. The maximum atomic E-state index is 11.1. The van der Waals surface area contributed by atoms with Gasteiger partial charge in [0.1, 0.15) is 5.66 Å². The van der Waals surface area contributed by atoms with E-state index >= 15 is 0 Å². The number of hydrogen-bond donors (Lipinski definition) is 3. The molecule has 0 bridgehead atoms. The largest absolute Gasteiger partial charge is 0.439 e. The molecule has 1 fully saturated rings. The van der Waals surface area contributed by atoms with Crippen molar-refractivity contribution in [3.63, 3.8) is 0 Å². The second-order valence-electron chi connectivity index (χ2n) is 6.31. The number of aliphatic imine (C=N–C) groups is 2. The molecule has 9 heteroatoms. The zero-order valence-electron chi connectivity index (χ0n) is 13.6. The molecule has 1 saturated carbocycles. The summed E-state index contributed by atoms with van der Waals surface area (Å²) in [6, 6.07) is 7.49. The van der Waals surface area contributed by atoms with Crippen LogP contribution in [0.2, 0.25) is 0 Å².